The second-order valence-corrected chi connectivity index (χ2v) is 4.69. The highest BCUT2D eigenvalue weighted by atomic mass is 16.1. The fourth-order valence-electron chi connectivity index (χ4n) is 1.58. The van der Waals surface area contributed by atoms with Gasteiger partial charge in [-0.05, 0) is 38.1 Å². The van der Waals surface area contributed by atoms with Crippen molar-refractivity contribution in [3.63, 3.8) is 0 Å². The summed E-state index contributed by atoms with van der Waals surface area (Å²) in [5.74, 6) is 0.598. The normalized spacial score (nSPS) is 10.3. The van der Waals surface area contributed by atoms with E-state index in [2.05, 4.69) is 20.3 Å². The third-order valence-electron chi connectivity index (χ3n) is 2.79. The number of rotatable bonds is 2. The predicted octanol–water partition coefficient (Wildman–Crippen LogP) is 2.52. The fraction of sp³-hybridized carbons (Fsp3) is 0.235. The molecule has 6 nitrogen and oxygen atoms in total. The second-order valence-electron chi connectivity index (χ2n) is 4.69. The molecule has 0 aliphatic carbocycles. The van der Waals surface area contributed by atoms with Crippen LogP contribution < -0.4 is 5.32 Å². The number of Topliss-reactive ketones (excluding diaryl/α,β-unsaturated/α-hetero) is 1. The average molecular weight is 312 g/mol. The molecule has 120 valence electrons. The van der Waals surface area contributed by atoms with Crippen LogP contribution >= 0.6 is 0 Å². The Morgan fingerprint density at radius 1 is 1.00 bits per heavy atom. The molecule has 0 bridgehead atoms. The van der Waals surface area contributed by atoms with Crippen LogP contribution in [0.15, 0.2) is 47.7 Å². The van der Waals surface area contributed by atoms with Gasteiger partial charge in [-0.2, -0.15) is 0 Å². The van der Waals surface area contributed by atoms with Gasteiger partial charge in [0.05, 0.1) is 17.2 Å². The number of aliphatic imine (C=N–C) groups is 1. The van der Waals surface area contributed by atoms with Crippen LogP contribution in [0.2, 0.25) is 0 Å². The Bertz CT molecular complexity index is 679. The molecule has 0 aliphatic heterocycles. The molecule has 0 atom stereocenters. The van der Waals surface area contributed by atoms with Crippen molar-refractivity contribution in [2.24, 2.45) is 4.99 Å². The van der Waals surface area contributed by atoms with Crippen LogP contribution in [0.5, 0.6) is 0 Å². The SMILES string of the molecule is CC(=O)c1ccc(-c2ccccn2)nc1.CN=C(C)NC(C)=O. The van der Waals surface area contributed by atoms with Gasteiger partial charge in [0.1, 0.15) is 0 Å². The molecule has 0 spiro atoms. The van der Waals surface area contributed by atoms with Gasteiger partial charge < -0.3 is 5.32 Å². The van der Waals surface area contributed by atoms with E-state index in [1.54, 1.807) is 38.5 Å². The molecule has 2 heterocycles. The summed E-state index contributed by atoms with van der Waals surface area (Å²) in [6.45, 7) is 4.72. The largest absolute Gasteiger partial charge is 0.315 e. The van der Waals surface area contributed by atoms with Gasteiger partial charge >= 0.3 is 0 Å². The highest BCUT2D eigenvalue weighted by Gasteiger charge is 2.02. The lowest BCUT2D eigenvalue weighted by Crippen LogP contribution is -2.25. The van der Waals surface area contributed by atoms with E-state index in [-0.39, 0.29) is 11.7 Å². The van der Waals surface area contributed by atoms with E-state index in [0.29, 0.717) is 11.4 Å². The highest BCUT2D eigenvalue weighted by Crippen LogP contribution is 2.13. The van der Waals surface area contributed by atoms with Crippen molar-refractivity contribution in [2.45, 2.75) is 20.8 Å². The number of ketones is 1. The van der Waals surface area contributed by atoms with Gasteiger partial charge in [-0.3, -0.25) is 24.5 Å². The lowest BCUT2D eigenvalue weighted by molar-refractivity contribution is -0.117. The van der Waals surface area contributed by atoms with Gasteiger partial charge in [0.2, 0.25) is 5.91 Å². The minimum Gasteiger partial charge on any atom is -0.315 e. The van der Waals surface area contributed by atoms with Crippen LogP contribution in [0.1, 0.15) is 31.1 Å². The first kappa shape index (κ1) is 18.2. The maximum atomic E-state index is 11.0. The Balaban J connectivity index is 0.000000284. The minimum atomic E-state index is -0.0758. The van der Waals surface area contributed by atoms with E-state index in [4.69, 9.17) is 0 Å². The predicted molar refractivity (Wildman–Crippen MR) is 90.3 cm³/mol. The molecule has 0 saturated heterocycles. The van der Waals surface area contributed by atoms with Crippen molar-refractivity contribution >= 4 is 17.5 Å². The number of nitrogens with zero attached hydrogens (tertiary/aromatic N) is 3. The third kappa shape index (κ3) is 6.60. The van der Waals surface area contributed by atoms with E-state index in [0.717, 1.165) is 11.4 Å². The second kappa shape index (κ2) is 9.19. The van der Waals surface area contributed by atoms with Gasteiger partial charge in [-0.1, -0.05) is 6.07 Å². The first-order chi connectivity index (χ1) is 10.9. The number of pyridine rings is 2. The monoisotopic (exact) mass is 312 g/mol. The van der Waals surface area contributed by atoms with Crippen molar-refractivity contribution < 1.29 is 9.59 Å². The van der Waals surface area contributed by atoms with Crippen molar-refractivity contribution in [3.05, 3.63) is 48.3 Å². The maximum Gasteiger partial charge on any atom is 0.222 e. The van der Waals surface area contributed by atoms with Crippen LogP contribution in [0.25, 0.3) is 11.4 Å². The minimum absolute atomic E-state index is 0.0232. The van der Waals surface area contributed by atoms with E-state index >= 15 is 0 Å². The molecule has 1 amide bonds. The molecule has 0 radical (unpaired) electrons. The van der Waals surface area contributed by atoms with Crippen LogP contribution in [-0.2, 0) is 4.79 Å². The van der Waals surface area contributed by atoms with Crippen LogP contribution in [0, 0.1) is 0 Å². The lowest BCUT2D eigenvalue weighted by atomic mass is 10.2. The van der Waals surface area contributed by atoms with E-state index in [1.165, 1.54) is 13.8 Å². The first-order valence-corrected chi connectivity index (χ1v) is 7.03. The maximum absolute atomic E-state index is 11.0. The lowest BCUT2D eigenvalue weighted by Gasteiger charge is -1.99. The number of aromatic nitrogens is 2. The standard InChI is InChI=1S/C12H10N2O.C5H10N2O/c1-9(15)10-5-6-12(14-8-10)11-4-2-3-7-13-11;1-4(6-3)7-5(2)8/h2-8H,1H3;1-3H3,(H,6,7,8). The van der Waals surface area contributed by atoms with E-state index < -0.39 is 0 Å². The van der Waals surface area contributed by atoms with Crippen molar-refractivity contribution in [1.82, 2.24) is 15.3 Å². The van der Waals surface area contributed by atoms with Gasteiger partial charge in [0, 0.05) is 31.9 Å². The molecule has 2 rings (SSSR count). The quantitative estimate of drug-likeness (QED) is 0.524. The molecular weight excluding hydrogens is 292 g/mol. The van der Waals surface area contributed by atoms with Gasteiger partial charge in [-0.15, -0.1) is 0 Å². The molecule has 23 heavy (non-hydrogen) atoms. The molecule has 2 aromatic rings. The molecule has 2 aromatic heterocycles. The Morgan fingerprint density at radius 3 is 2.09 bits per heavy atom. The molecule has 1 N–H and O–H groups in total. The zero-order chi connectivity index (χ0) is 17.2. The van der Waals surface area contributed by atoms with Crippen molar-refractivity contribution in [1.29, 1.82) is 0 Å². The van der Waals surface area contributed by atoms with Crippen LogP contribution in [-0.4, -0.2) is 34.5 Å². The summed E-state index contributed by atoms with van der Waals surface area (Å²) in [7, 11) is 1.63. The topological polar surface area (TPSA) is 84.3 Å². The van der Waals surface area contributed by atoms with Gasteiger partial charge in [0.25, 0.3) is 0 Å². The van der Waals surface area contributed by atoms with Crippen LogP contribution in [0.4, 0.5) is 0 Å². The zero-order valence-electron chi connectivity index (χ0n) is 13.7. The zero-order valence-corrected chi connectivity index (χ0v) is 13.7. The summed E-state index contributed by atoms with van der Waals surface area (Å²) in [6.07, 6.45) is 3.29. The number of amides is 1. The Hall–Kier alpha value is -2.89. The highest BCUT2D eigenvalue weighted by molar-refractivity contribution is 5.95. The Morgan fingerprint density at radius 2 is 1.70 bits per heavy atom. The fourth-order valence-corrected chi connectivity index (χ4v) is 1.58. The molecule has 0 aliphatic rings. The Kier molecular flexibility index (Phi) is 7.26. The first-order valence-electron chi connectivity index (χ1n) is 7.03. The smallest absolute Gasteiger partial charge is 0.222 e. The summed E-state index contributed by atoms with van der Waals surface area (Å²) in [6, 6.07) is 9.21. The number of carbonyl (C=O) groups excluding carboxylic acids is 2. The van der Waals surface area contributed by atoms with E-state index in [9.17, 15) is 9.59 Å². The third-order valence-corrected chi connectivity index (χ3v) is 2.79. The average Bonchev–Trinajstić information content (AvgIpc) is 2.55. The Labute approximate surface area is 135 Å². The number of hydrogen-bond donors (Lipinski definition) is 1. The number of nitrogens with one attached hydrogen (secondary N) is 1. The number of amidine groups is 1. The number of carbonyl (C=O) groups is 2. The molecular formula is C17H20N4O2. The summed E-state index contributed by atoms with van der Waals surface area (Å²) >= 11 is 0. The molecule has 0 unspecified atom stereocenters. The summed E-state index contributed by atoms with van der Waals surface area (Å²) in [5, 5.41) is 2.50. The van der Waals surface area contributed by atoms with Crippen LogP contribution in [0.3, 0.4) is 0 Å². The van der Waals surface area contributed by atoms with Crippen molar-refractivity contribution in [2.75, 3.05) is 7.05 Å². The number of hydrogen-bond acceptors (Lipinski definition) is 5. The summed E-state index contributed by atoms with van der Waals surface area (Å²) in [4.78, 5) is 33.3. The van der Waals surface area contributed by atoms with E-state index in [1.807, 2.05) is 18.2 Å². The molecule has 0 fully saturated rings. The summed E-state index contributed by atoms with van der Waals surface area (Å²) < 4.78 is 0. The molecule has 0 saturated carbocycles. The molecule has 0 aromatic carbocycles. The summed E-state index contributed by atoms with van der Waals surface area (Å²) in [5.41, 5.74) is 2.21. The van der Waals surface area contributed by atoms with Gasteiger partial charge in [0.15, 0.2) is 5.78 Å². The molecule has 6 heteroatoms. The van der Waals surface area contributed by atoms with Gasteiger partial charge in [-0.25, -0.2) is 0 Å². The van der Waals surface area contributed by atoms with Crippen molar-refractivity contribution in [3.8, 4) is 11.4 Å².